The van der Waals surface area contributed by atoms with Crippen molar-refractivity contribution in [2.24, 2.45) is 5.73 Å². The third-order valence-electron chi connectivity index (χ3n) is 3.00. The van der Waals surface area contributed by atoms with Crippen LogP contribution in [-0.2, 0) is 6.42 Å². The number of amides is 1. The zero-order valence-electron chi connectivity index (χ0n) is 10.5. The van der Waals surface area contributed by atoms with Crippen LogP contribution in [0.5, 0.6) is 0 Å². The van der Waals surface area contributed by atoms with Gasteiger partial charge in [-0.15, -0.1) is 0 Å². The Morgan fingerprint density at radius 1 is 0.944 bits per heavy atom. The minimum atomic E-state index is -0.389. The number of rotatable bonds is 4. The van der Waals surface area contributed by atoms with Gasteiger partial charge in [0, 0.05) is 5.56 Å². The summed E-state index contributed by atoms with van der Waals surface area (Å²) in [4.78, 5) is 11.0. The molecule has 2 aromatic rings. The smallest absolute Gasteiger partial charge is 0.248 e. The van der Waals surface area contributed by atoms with E-state index in [0.29, 0.717) is 5.56 Å². The van der Waals surface area contributed by atoms with Crippen LogP contribution in [0.1, 0.15) is 29.3 Å². The highest BCUT2D eigenvalue weighted by Gasteiger charge is 2.01. The van der Waals surface area contributed by atoms with Gasteiger partial charge in [-0.2, -0.15) is 0 Å². The summed E-state index contributed by atoms with van der Waals surface area (Å²) in [6.45, 7) is 2.18. The Balaban J connectivity index is 2.23. The van der Waals surface area contributed by atoms with Crippen LogP contribution in [0.25, 0.3) is 11.1 Å². The molecule has 0 aliphatic heterocycles. The van der Waals surface area contributed by atoms with Crippen LogP contribution in [0.2, 0.25) is 0 Å². The highest BCUT2D eigenvalue weighted by atomic mass is 16.1. The molecule has 2 rings (SSSR count). The van der Waals surface area contributed by atoms with Crippen LogP contribution in [0, 0.1) is 0 Å². The standard InChI is InChI=1S/C16H17NO/c1-2-3-12-4-6-13(7-5-12)14-8-10-15(11-9-14)16(17)18/h4-11H,2-3H2,1H3,(H2,17,18). The molecule has 92 valence electrons. The quantitative estimate of drug-likeness (QED) is 0.873. The van der Waals surface area contributed by atoms with Crippen LogP contribution in [0.4, 0.5) is 0 Å². The Bertz CT molecular complexity index is 526. The number of hydrogen-bond acceptors (Lipinski definition) is 1. The van der Waals surface area contributed by atoms with Gasteiger partial charge in [0.1, 0.15) is 0 Å². The summed E-state index contributed by atoms with van der Waals surface area (Å²) >= 11 is 0. The van der Waals surface area contributed by atoms with E-state index < -0.39 is 0 Å². The highest BCUT2D eigenvalue weighted by molar-refractivity contribution is 5.93. The zero-order chi connectivity index (χ0) is 13.0. The second-order valence-electron chi connectivity index (χ2n) is 4.39. The molecule has 2 N–H and O–H groups in total. The lowest BCUT2D eigenvalue weighted by Crippen LogP contribution is -2.10. The first-order valence-corrected chi connectivity index (χ1v) is 6.20. The van der Waals surface area contributed by atoms with E-state index in [1.165, 1.54) is 5.56 Å². The van der Waals surface area contributed by atoms with Crippen LogP contribution in [0.15, 0.2) is 48.5 Å². The Morgan fingerprint density at radius 3 is 1.89 bits per heavy atom. The van der Waals surface area contributed by atoms with Gasteiger partial charge >= 0.3 is 0 Å². The molecule has 0 saturated carbocycles. The molecule has 0 saturated heterocycles. The van der Waals surface area contributed by atoms with Gasteiger partial charge < -0.3 is 5.73 Å². The Morgan fingerprint density at radius 2 is 1.44 bits per heavy atom. The first-order chi connectivity index (χ1) is 8.70. The molecule has 0 aliphatic carbocycles. The largest absolute Gasteiger partial charge is 0.366 e. The maximum absolute atomic E-state index is 11.0. The van der Waals surface area contributed by atoms with E-state index in [0.717, 1.165) is 24.0 Å². The predicted molar refractivity (Wildman–Crippen MR) is 74.4 cm³/mol. The molecule has 0 radical (unpaired) electrons. The number of aryl methyl sites for hydroxylation is 1. The Labute approximate surface area is 107 Å². The topological polar surface area (TPSA) is 43.1 Å². The second-order valence-corrected chi connectivity index (χ2v) is 4.39. The average Bonchev–Trinajstić information content (AvgIpc) is 2.40. The molecule has 0 heterocycles. The molecule has 0 bridgehead atoms. The van der Waals surface area contributed by atoms with Crippen molar-refractivity contribution in [3.63, 3.8) is 0 Å². The fourth-order valence-electron chi connectivity index (χ4n) is 1.98. The van der Waals surface area contributed by atoms with Crippen molar-refractivity contribution in [3.8, 4) is 11.1 Å². The number of carbonyl (C=O) groups is 1. The SMILES string of the molecule is CCCc1ccc(-c2ccc(C(N)=O)cc2)cc1. The molecule has 1 amide bonds. The fraction of sp³-hybridized carbons (Fsp3) is 0.188. The molecule has 0 aromatic heterocycles. The predicted octanol–water partition coefficient (Wildman–Crippen LogP) is 3.41. The van der Waals surface area contributed by atoms with Crippen LogP contribution < -0.4 is 5.73 Å². The summed E-state index contributed by atoms with van der Waals surface area (Å²) in [6.07, 6.45) is 2.27. The summed E-state index contributed by atoms with van der Waals surface area (Å²) in [5, 5.41) is 0. The molecule has 0 atom stereocenters. The van der Waals surface area contributed by atoms with Gasteiger partial charge in [0.25, 0.3) is 0 Å². The molecule has 2 aromatic carbocycles. The first kappa shape index (κ1) is 12.4. The third-order valence-corrected chi connectivity index (χ3v) is 3.00. The summed E-state index contributed by atoms with van der Waals surface area (Å²) < 4.78 is 0. The molecular formula is C16H17NO. The van der Waals surface area contributed by atoms with E-state index in [1.807, 2.05) is 12.1 Å². The van der Waals surface area contributed by atoms with E-state index in [4.69, 9.17) is 5.73 Å². The maximum atomic E-state index is 11.0. The summed E-state index contributed by atoms with van der Waals surface area (Å²) in [5.74, 6) is -0.389. The minimum Gasteiger partial charge on any atom is -0.366 e. The molecule has 0 spiro atoms. The summed E-state index contributed by atoms with van der Waals surface area (Å²) in [6, 6.07) is 15.9. The molecule has 0 aliphatic rings. The molecule has 2 heteroatoms. The van der Waals surface area contributed by atoms with Crippen LogP contribution >= 0.6 is 0 Å². The molecule has 2 nitrogen and oxygen atoms in total. The van der Waals surface area contributed by atoms with E-state index in [-0.39, 0.29) is 5.91 Å². The Hall–Kier alpha value is -2.09. The van der Waals surface area contributed by atoms with Gasteiger partial charge in [-0.05, 0) is 35.2 Å². The zero-order valence-corrected chi connectivity index (χ0v) is 10.5. The van der Waals surface area contributed by atoms with Gasteiger partial charge in [-0.3, -0.25) is 4.79 Å². The van der Waals surface area contributed by atoms with Gasteiger partial charge in [0.05, 0.1) is 0 Å². The lowest BCUT2D eigenvalue weighted by Gasteiger charge is -2.04. The fourth-order valence-corrected chi connectivity index (χ4v) is 1.98. The van der Waals surface area contributed by atoms with Crippen molar-refractivity contribution in [2.45, 2.75) is 19.8 Å². The van der Waals surface area contributed by atoms with Gasteiger partial charge in [-0.25, -0.2) is 0 Å². The van der Waals surface area contributed by atoms with E-state index in [2.05, 4.69) is 31.2 Å². The van der Waals surface area contributed by atoms with Crippen molar-refractivity contribution in [1.82, 2.24) is 0 Å². The summed E-state index contributed by atoms with van der Waals surface area (Å²) in [5.41, 5.74) is 9.37. The number of primary amides is 1. The average molecular weight is 239 g/mol. The molecular weight excluding hydrogens is 222 g/mol. The normalized spacial score (nSPS) is 10.3. The van der Waals surface area contributed by atoms with E-state index in [9.17, 15) is 4.79 Å². The van der Waals surface area contributed by atoms with Crippen molar-refractivity contribution in [2.75, 3.05) is 0 Å². The van der Waals surface area contributed by atoms with Crippen LogP contribution in [0.3, 0.4) is 0 Å². The van der Waals surface area contributed by atoms with Gasteiger partial charge in [0.2, 0.25) is 5.91 Å². The van der Waals surface area contributed by atoms with E-state index >= 15 is 0 Å². The van der Waals surface area contributed by atoms with E-state index in [1.54, 1.807) is 12.1 Å². The maximum Gasteiger partial charge on any atom is 0.248 e. The first-order valence-electron chi connectivity index (χ1n) is 6.20. The minimum absolute atomic E-state index is 0.389. The van der Waals surface area contributed by atoms with Crippen molar-refractivity contribution in [1.29, 1.82) is 0 Å². The van der Waals surface area contributed by atoms with Crippen molar-refractivity contribution >= 4 is 5.91 Å². The number of hydrogen-bond donors (Lipinski definition) is 1. The number of carbonyl (C=O) groups excluding carboxylic acids is 1. The second kappa shape index (κ2) is 5.50. The number of nitrogens with two attached hydrogens (primary N) is 1. The van der Waals surface area contributed by atoms with Crippen molar-refractivity contribution < 1.29 is 4.79 Å². The molecule has 0 fully saturated rings. The summed E-state index contributed by atoms with van der Waals surface area (Å²) in [7, 11) is 0. The Kier molecular flexibility index (Phi) is 3.78. The van der Waals surface area contributed by atoms with Crippen LogP contribution in [-0.4, -0.2) is 5.91 Å². The van der Waals surface area contributed by atoms with Gasteiger partial charge in [0.15, 0.2) is 0 Å². The monoisotopic (exact) mass is 239 g/mol. The molecule has 18 heavy (non-hydrogen) atoms. The lowest BCUT2D eigenvalue weighted by molar-refractivity contribution is 0.100. The highest BCUT2D eigenvalue weighted by Crippen LogP contribution is 2.20. The molecule has 0 unspecified atom stereocenters. The number of benzene rings is 2. The lowest BCUT2D eigenvalue weighted by atomic mass is 10.0. The van der Waals surface area contributed by atoms with Gasteiger partial charge in [-0.1, -0.05) is 49.7 Å². The third kappa shape index (κ3) is 2.77. The van der Waals surface area contributed by atoms with Crippen molar-refractivity contribution in [3.05, 3.63) is 59.7 Å².